The number of hydrogen-bond donors (Lipinski definition) is 3. The molecule has 6 rings (SSSR count). The molecule has 2 heterocycles. The average Bonchev–Trinajstić information content (AvgIpc) is 3.67. The lowest BCUT2D eigenvalue weighted by molar-refractivity contribution is 0.0823. The highest BCUT2D eigenvalue weighted by Gasteiger charge is 2.36. The number of carbonyl (C=O) groups is 1. The zero-order valence-electron chi connectivity index (χ0n) is 23.5. The van der Waals surface area contributed by atoms with Gasteiger partial charge in [0.25, 0.3) is 6.43 Å². The number of nitrogens with zero attached hydrogens (tertiary/aromatic N) is 2. The molecule has 1 saturated carbocycles. The number of nitrogens with two attached hydrogens (primary N) is 1. The van der Waals surface area contributed by atoms with Gasteiger partial charge in [-0.25, -0.2) is 30.7 Å². The number of para-hydroxylation sites is 1. The van der Waals surface area contributed by atoms with Crippen molar-refractivity contribution in [2.45, 2.75) is 31.4 Å². The van der Waals surface area contributed by atoms with Gasteiger partial charge in [0.1, 0.15) is 29.6 Å². The van der Waals surface area contributed by atoms with Crippen molar-refractivity contribution in [1.29, 1.82) is 0 Å². The van der Waals surface area contributed by atoms with Crippen LogP contribution in [-0.4, -0.2) is 47.2 Å². The van der Waals surface area contributed by atoms with E-state index in [0.29, 0.717) is 29.3 Å². The number of ketones is 1. The van der Waals surface area contributed by atoms with Crippen LogP contribution in [0.2, 0.25) is 0 Å². The number of nitrogen functional groups attached to an aromatic ring is 1. The molecule has 10 nitrogen and oxygen atoms in total. The second-order valence-corrected chi connectivity index (χ2v) is 12.4. The number of ether oxygens (including phenoxy) is 2. The highest BCUT2D eigenvalue weighted by Crippen LogP contribution is 2.36. The van der Waals surface area contributed by atoms with Crippen LogP contribution in [0.25, 0.3) is 16.6 Å². The maximum absolute atomic E-state index is 15.3. The summed E-state index contributed by atoms with van der Waals surface area (Å²) in [5.74, 6) is -2.40. The Kier molecular flexibility index (Phi) is 7.64. The van der Waals surface area contributed by atoms with Gasteiger partial charge in [0.2, 0.25) is 15.8 Å². The van der Waals surface area contributed by atoms with Crippen molar-refractivity contribution in [3.8, 4) is 22.9 Å². The molecule has 1 aliphatic rings. The first kappa shape index (κ1) is 30.0. The Balaban J connectivity index is 1.30. The summed E-state index contributed by atoms with van der Waals surface area (Å²) >= 11 is 0. The van der Waals surface area contributed by atoms with Gasteiger partial charge in [0.05, 0.1) is 28.4 Å². The lowest BCUT2D eigenvalue weighted by Gasteiger charge is -2.13. The van der Waals surface area contributed by atoms with Gasteiger partial charge < -0.3 is 20.2 Å². The number of anilines is 2. The van der Waals surface area contributed by atoms with Crippen LogP contribution in [0.4, 0.5) is 29.1 Å². The van der Waals surface area contributed by atoms with Crippen LogP contribution in [0, 0.1) is 18.6 Å². The number of H-pyrrole nitrogens is 1. The molecule has 0 unspecified atom stereocenters. The first-order chi connectivity index (χ1) is 21.4. The van der Waals surface area contributed by atoms with Crippen molar-refractivity contribution < 1.29 is 40.2 Å². The molecule has 0 amide bonds. The van der Waals surface area contributed by atoms with Crippen molar-refractivity contribution in [3.05, 3.63) is 89.2 Å². The van der Waals surface area contributed by atoms with Gasteiger partial charge in [-0.15, -0.1) is 0 Å². The molecule has 5 aromatic rings. The first-order valence-electron chi connectivity index (χ1n) is 13.6. The molecule has 3 aromatic carbocycles. The molecular weight excluding hydrogens is 618 g/mol. The fourth-order valence-electron chi connectivity index (χ4n) is 4.79. The molecule has 0 spiro atoms. The van der Waals surface area contributed by atoms with Gasteiger partial charge in [0, 0.05) is 17.0 Å². The molecule has 4 N–H and O–H groups in total. The molecule has 0 bridgehead atoms. The SMILES string of the molecule is Cc1cc(Oc2ccccc2F)cc(F)c1-n1ncc(C(=O)c2cc3cc(OCC(F)F)c(NS(=O)(=O)C4CC4)cc3[nH]2)c1N. The van der Waals surface area contributed by atoms with Crippen molar-refractivity contribution >= 4 is 38.2 Å². The summed E-state index contributed by atoms with van der Waals surface area (Å²) in [6.45, 7) is 0.595. The van der Waals surface area contributed by atoms with Crippen molar-refractivity contribution in [2.24, 2.45) is 0 Å². The Morgan fingerprint density at radius 3 is 2.56 bits per heavy atom. The van der Waals surface area contributed by atoms with Crippen molar-refractivity contribution in [3.63, 3.8) is 0 Å². The topological polar surface area (TPSA) is 141 Å². The number of aryl methyl sites for hydroxylation is 1. The Morgan fingerprint density at radius 1 is 1.11 bits per heavy atom. The molecule has 0 radical (unpaired) electrons. The summed E-state index contributed by atoms with van der Waals surface area (Å²) in [7, 11) is -3.76. The summed E-state index contributed by atoms with van der Waals surface area (Å²) in [4.78, 5) is 16.4. The fraction of sp³-hybridized carbons (Fsp3) is 0.200. The molecule has 2 aromatic heterocycles. The van der Waals surface area contributed by atoms with Gasteiger partial charge in [-0.2, -0.15) is 5.10 Å². The van der Waals surface area contributed by atoms with E-state index >= 15 is 4.39 Å². The molecule has 0 aliphatic heterocycles. The zero-order chi connectivity index (χ0) is 32.0. The zero-order valence-corrected chi connectivity index (χ0v) is 24.3. The Morgan fingerprint density at radius 2 is 1.87 bits per heavy atom. The normalized spacial score (nSPS) is 13.4. The Bertz CT molecular complexity index is 2030. The minimum atomic E-state index is -3.76. The highest BCUT2D eigenvalue weighted by atomic mass is 32.2. The number of rotatable bonds is 11. The smallest absolute Gasteiger partial charge is 0.272 e. The van der Waals surface area contributed by atoms with Crippen molar-refractivity contribution in [2.75, 3.05) is 17.1 Å². The molecule has 1 aliphatic carbocycles. The Hall–Kier alpha value is -5.05. The van der Waals surface area contributed by atoms with Crippen LogP contribution in [0.5, 0.6) is 17.2 Å². The number of aromatic amines is 1. The third-order valence-electron chi connectivity index (χ3n) is 7.10. The molecule has 15 heteroatoms. The van der Waals surface area contributed by atoms with E-state index < -0.39 is 45.7 Å². The monoisotopic (exact) mass is 643 g/mol. The summed E-state index contributed by atoms with van der Waals surface area (Å²) in [5, 5.41) is 3.90. The fourth-order valence-corrected chi connectivity index (χ4v) is 6.18. The standard InChI is InChI=1S/C30H25F4N5O5S/c1-15-8-17(44-25-5-3-2-4-20(25)31)11-21(32)28(15)39-30(35)19(13-36-39)29(40)24-9-16-10-26(43-14-27(33)34)23(12-22(16)37-24)38-45(41,42)18-6-7-18/h2-5,8-13,18,27,37-38H,6-7,14,35H2,1H3. The van der Waals surface area contributed by atoms with Gasteiger partial charge in [-0.05, 0) is 61.7 Å². The van der Waals surface area contributed by atoms with E-state index in [-0.39, 0.29) is 45.7 Å². The number of fused-ring (bicyclic) bond motifs is 1. The van der Waals surface area contributed by atoms with Crippen LogP contribution in [0.1, 0.15) is 34.5 Å². The first-order valence-corrected chi connectivity index (χ1v) is 15.2. The quantitative estimate of drug-likeness (QED) is 0.117. The number of alkyl halides is 2. The summed E-state index contributed by atoms with van der Waals surface area (Å²) in [5.41, 5.74) is 6.73. The number of nitrogens with one attached hydrogen (secondary N) is 2. The molecule has 1 fully saturated rings. The van der Waals surface area contributed by atoms with Crippen LogP contribution in [0.3, 0.4) is 0 Å². The van der Waals surface area contributed by atoms with E-state index in [4.69, 9.17) is 15.2 Å². The van der Waals surface area contributed by atoms with Crippen LogP contribution >= 0.6 is 0 Å². The van der Waals surface area contributed by atoms with E-state index in [0.717, 1.165) is 16.9 Å². The minimum Gasteiger partial charge on any atom is -0.485 e. The van der Waals surface area contributed by atoms with E-state index in [1.54, 1.807) is 13.0 Å². The minimum absolute atomic E-state index is 0.0177. The maximum atomic E-state index is 15.3. The predicted molar refractivity (Wildman–Crippen MR) is 158 cm³/mol. The number of hydrogen-bond acceptors (Lipinski definition) is 7. The lowest BCUT2D eigenvalue weighted by Crippen LogP contribution is -2.18. The third-order valence-corrected chi connectivity index (χ3v) is 8.95. The number of sulfonamides is 1. The molecular formula is C30H25F4N5O5S. The van der Waals surface area contributed by atoms with Gasteiger partial charge in [-0.3, -0.25) is 9.52 Å². The molecule has 234 valence electrons. The van der Waals surface area contributed by atoms with Crippen LogP contribution in [-0.2, 0) is 10.0 Å². The Labute approximate surface area is 253 Å². The van der Waals surface area contributed by atoms with E-state index in [1.807, 2.05) is 0 Å². The highest BCUT2D eigenvalue weighted by molar-refractivity contribution is 7.93. The number of halogens is 4. The largest absolute Gasteiger partial charge is 0.485 e. The maximum Gasteiger partial charge on any atom is 0.272 e. The second kappa shape index (κ2) is 11.5. The van der Waals surface area contributed by atoms with Crippen molar-refractivity contribution in [1.82, 2.24) is 14.8 Å². The van der Waals surface area contributed by atoms with E-state index in [9.17, 15) is 26.4 Å². The van der Waals surface area contributed by atoms with Crippen LogP contribution in [0.15, 0.2) is 60.8 Å². The third kappa shape index (κ3) is 6.02. The molecule has 0 saturated heterocycles. The molecule has 45 heavy (non-hydrogen) atoms. The summed E-state index contributed by atoms with van der Waals surface area (Å²) < 4.78 is 94.4. The average molecular weight is 644 g/mol. The number of benzene rings is 3. The number of carbonyl (C=O) groups excluding carboxylic acids is 1. The second-order valence-electron chi connectivity index (χ2n) is 10.5. The summed E-state index contributed by atoms with van der Waals surface area (Å²) in [6, 6.07) is 12.3. The molecule has 0 atom stereocenters. The van der Waals surface area contributed by atoms with Gasteiger partial charge >= 0.3 is 0 Å². The van der Waals surface area contributed by atoms with Gasteiger partial charge in [-0.1, -0.05) is 12.1 Å². The summed E-state index contributed by atoms with van der Waals surface area (Å²) in [6.07, 6.45) is -0.676. The predicted octanol–water partition coefficient (Wildman–Crippen LogP) is 6.09. The van der Waals surface area contributed by atoms with Crippen LogP contribution < -0.4 is 19.9 Å². The van der Waals surface area contributed by atoms with E-state index in [2.05, 4.69) is 14.8 Å². The van der Waals surface area contributed by atoms with Gasteiger partial charge in [0.15, 0.2) is 17.4 Å². The number of aromatic nitrogens is 3. The lowest BCUT2D eigenvalue weighted by atomic mass is 10.1. The van der Waals surface area contributed by atoms with E-state index in [1.165, 1.54) is 42.5 Å².